The lowest BCUT2D eigenvalue weighted by molar-refractivity contribution is 0.302. The quantitative estimate of drug-likeness (QED) is 0.383. The molecule has 0 amide bonds. The number of benzene rings is 1. The van der Waals surface area contributed by atoms with Crippen molar-refractivity contribution in [2.24, 2.45) is 11.8 Å². The number of rotatable bonds is 9. The average Bonchev–Trinajstić information content (AvgIpc) is 2.74. The first-order valence-corrected chi connectivity index (χ1v) is 12.1. The van der Waals surface area contributed by atoms with Crippen LogP contribution in [0.25, 0.3) is 5.57 Å². The van der Waals surface area contributed by atoms with Crippen molar-refractivity contribution >= 4 is 5.57 Å². The molecule has 27 heavy (non-hydrogen) atoms. The minimum Gasteiger partial charge on any atom is -0.0804 e. The summed E-state index contributed by atoms with van der Waals surface area (Å²) in [5.74, 6) is 2.76. The van der Waals surface area contributed by atoms with Crippen molar-refractivity contribution in [1.82, 2.24) is 0 Å². The maximum atomic E-state index is 2.51. The van der Waals surface area contributed by atoms with Crippen molar-refractivity contribution in [2.45, 2.75) is 110 Å². The Morgan fingerprint density at radius 3 is 2.15 bits per heavy atom. The second kappa shape index (κ2) is 11.1. The maximum absolute atomic E-state index is 2.51. The lowest BCUT2D eigenvalue weighted by Gasteiger charge is -2.29. The first kappa shape index (κ1) is 20.7. The maximum Gasteiger partial charge on any atom is -0.0162 e. The van der Waals surface area contributed by atoms with Gasteiger partial charge in [0.2, 0.25) is 0 Å². The van der Waals surface area contributed by atoms with Crippen LogP contribution >= 0.6 is 0 Å². The van der Waals surface area contributed by atoms with Crippen LogP contribution in [0, 0.1) is 11.8 Å². The molecule has 1 aromatic carbocycles. The van der Waals surface area contributed by atoms with Gasteiger partial charge < -0.3 is 0 Å². The van der Waals surface area contributed by atoms with Gasteiger partial charge in [-0.2, -0.15) is 0 Å². The molecule has 0 spiro atoms. The molecule has 2 aliphatic carbocycles. The van der Waals surface area contributed by atoms with E-state index >= 15 is 0 Å². The normalized spacial score (nSPS) is 26.0. The summed E-state index contributed by atoms with van der Waals surface area (Å²) in [4.78, 5) is 0. The molecule has 2 aliphatic rings. The van der Waals surface area contributed by atoms with Crippen molar-refractivity contribution < 1.29 is 0 Å². The molecule has 0 radical (unpaired) electrons. The van der Waals surface area contributed by atoms with Crippen molar-refractivity contribution in [3.8, 4) is 0 Å². The zero-order valence-corrected chi connectivity index (χ0v) is 18.0. The second-order valence-electron chi connectivity index (χ2n) is 9.32. The first-order chi connectivity index (χ1) is 13.3. The molecule has 0 aliphatic heterocycles. The lowest BCUT2D eigenvalue weighted by Crippen LogP contribution is -2.13. The topological polar surface area (TPSA) is 0 Å². The van der Waals surface area contributed by atoms with E-state index in [1.807, 2.05) is 0 Å². The number of unbranched alkanes of at least 4 members (excludes halogenated alkanes) is 4. The number of hydrogen-bond donors (Lipinski definition) is 0. The summed E-state index contributed by atoms with van der Waals surface area (Å²) in [5, 5.41) is 0. The summed E-state index contributed by atoms with van der Waals surface area (Å²) in [6, 6.07) is 9.70. The Bertz CT molecular complexity index is 556. The van der Waals surface area contributed by atoms with Gasteiger partial charge >= 0.3 is 0 Å². The predicted molar refractivity (Wildman–Crippen MR) is 120 cm³/mol. The van der Waals surface area contributed by atoms with Gasteiger partial charge in [0, 0.05) is 0 Å². The van der Waals surface area contributed by atoms with E-state index in [-0.39, 0.29) is 0 Å². The van der Waals surface area contributed by atoms with E-state index in [0.717, 1.165) is 17.8 Å². The highest BCUT2D eigenvalue weighted by Gasteiger charge is 2.22. The van der Waals surface area contributed by atoms with Gasteiger partial charge in [-0.1, -0.05) is 89.1 Å². The Morgan fingerprint density at radius 2 is 1.52 bits per heavy atom. The molecule has 0 heteroatoms. The summed E-state index contributed by atoms with van der Waals surface area (Å²) in [6.07, 6.45) is 22.2. The molecular formula is C27H42. The Hall–Kier alpha value is -1.04. The molecule has 1 saturated carbocycles. The van der Waals surface area contributed by atoms with E-state index in [4.69, 9.17) is 0 Å². The van der Waals surface area contributed by atoms with Crippen LogP contribution in [0.5, 0.6) is 0 Å². The lowest BCUT2D eigenvalue weighted by atomic mass is 9.76. The molecule has 1 atom stereocenters. The highest BCUT2D eigenvalue weighted by Crippen LogP contribution is 2.38. The van der Waals surface area contributed by atoms with Crippen LogP contribution in [0.2, 0.25) is 0 Å². The predicted octanol–water partition coefficient (Wildman–Crippen LogP) is 8.91. The summed E-state index contributed by atoms with van der Waals surface area (Å²) in [5.41, 5.74) is 4.68. The third-order valence-corrected chi connectivity index (χ3v) is 7.41. The standard InChI is InChI=1S/C27H42/c1-3-5-6-7-8-9-23-12-16-25(17-13-23)27-20-18-26(19-21-27)24-14-10-22(4-2)11-15-24/h14,18-23,25H,3-13,15-17H2,1-2H3. The zero-order chi connectivity index (χ0) is 18.9. The third-order valence-electron chi connectivity index (χ3n) is 7.41. The van der Waals surface area contributed by atoms with Gasteiger partial charge in [-0.05, 0) is 79.4 Å². The summed E-state index contributed by atoms with van der Waals surface area (Å²) in [7, 11) is 0. The minimum absolute atomic E-state index is 0.820. The molecule has 1 unspecified atom stereocenters. The van der Waals surface area contributed by atoms with E-state index < -0.39 is 0 Å². The molecule has 0 nitrogen and oxygen atoms in total. The average molecular weight is 367 g/mol. The van der Waals surface area contributed by atoms with E-state index in [1.165, 1.54) is 95.5 Å². The van der Waals surface area contributed by atoms with E-state index in [0.29, 0.717) is 0 Å². The SMILES string of the molecule is CCCCCCCC1CCC(c2ccc(C3=CCC(CC)CC3)cc2)CC1. The van der Waals surface area contributed by atoms with Crippen LogP contribution in [0.3, 0.4) is 0 Å². The molecule has 0 aromatic heterocycles. The molecule has 3 rings (SSSR count). The molecule has 1 aromatic rings. The number of hydrogen-bond acceptors (Lipinski definition) is 0. The van der Waals surface area contributed by atoms with Crippen LogP contribution in [-0.4, -0.2) is 0 Å². The van der Waals surface area contributed by atoms with E-state index in [2.05, 4.69) is 44.2 Å². The smallest absolute Gasteiger partial charge is 0.0162 e. The van der Waals surface area contributed by atoms with E-state index in [9.17, 15) is 0 Å². The van der Waals surface area contributed by atoms with Gasteiger partial charge in [-0.25, -0.2) is 0 Å². The summed E-state index contributed by atoms with van der Waals surface area (Å²) < 4.78 is 0. The van der Waals surface area contributed by atoms with E-state index in [1.54, 1.807) is 11.1 Å². The second-order valence-corrected chi connectivity index (χ2v) is 9.32. The minimum atomic E-state index is 0.820. The van der Waals surface area contributed by atoms with Gasteiger partial charge in [-0.3, -0.25) is 0 Å². The fourth-order valence-electron chi connectivity index (χ4n) is 5.31. The molecule has 0 saturated heterocycles. The largest absolute Gasteiger partial charge is 0.0804 e. The number of allylic oxidation sites excluding steroid dienone is 2. The first-order valence-electron chi connectivity index (χ1n) is 12.1. The Morgan fingerprint density at radius 1 is 0.778 bits per heavy atom. The molecule has 0 bridgehead atoms. The highest BCUT2D eigenvalue weighted by molar-refractivity contribution is 5.66. The zero-order valence-electron chi connectivity index (χ0n) is 18.0. The summed E-state index contributed by atoms with van der Waals surface area (Å²) >= 11 is 0. The fourth-order valence-corrected chi connectivity index (χ4v) is 5.31. The molecule has 0 N–H and O–H groups in total. The Kier molecular flexibility index (Phi) is 8.49. The van der Waals surface area contributed by atoms with Crippen LogP contribution in [0.4, 0.5) is 0 Å². The van der Waals surface area contributed by atoms with Crippen LogP contribution in [-0.2, 0) is 0 Å². The van der Waals surface area contributed by atoms with Crippen molar-refractivity contribution in [2.75, 3.05) is 0 Å². The Balaban J connectivity index is 1.43. The molecule has 150 valence electrons. The van der Waals surface area contributed by atoms with Gasteiger partial charge in [0.1, 0.15) is 0 Å². The van der Waals surface area contributed by atoms with Crippen LogP contribution < -0.4 is 0 Å². The van der Waals surface area contributed by atoms with Gasteiger partial charge in [0.25, 0.3) is 0 Å². The molecule has 1 fully saturated rings. The molecular weight excluding hydrogens is 324 g/mol. The monoisotopic (exact) mass is 366 g/mol. The highest BCUT2D eigenvalue weighted by atomic mass is 14.3. The van der Waals surface area contributed by atoms with Crippen molar-refractivity contribution in [1.29, 1.82) is 0 Å². The van der Waals surface area contributed by atoms with Gasteiger partial charge in [0.15, 0.2) is 0 Å². The van der Waals surface area contributed by atoms with Gasteiger partial charge in [0.05, 0.1) is 0 Å². The van der Waals surface area contributed by atoms with Crippen molar-refractivity contribution in [3.05, 3.63) is 41.5 Å². The fraction of sp³-hybridized carbons (Fsp3) is 0.704. The summed E-state index contributed by atoms with van der Waals surface area (Å²) in [6.45, 7) is 4.64. The van der Waals surface area contributed by atoms with Crippen molar-refractivity contribution in [3.63, 3.8) is 0 Å². The molecule has 0 heterocycles. The third kappa shape index (κ3) is 6.23. The Labute approximate surface area is 168 Å². The van der Waals surface area contributed by atoms with Crippen LogP contribution in [0.1, 0.15) is 121 Å². The van der Waals surface area contributed by atoms with Gasteiger partial charge in [-0.15, -0.1) is 0 Å². The van der Waals surface area contributed by atoms with Crippen LogP contribution in [0.15, 0.2) is 30.3 Å².